The predicted octanol–water partition coefficient (Wildman–Crippen LogP) is 4.39. The minimum atomic E-state index is -0.292. The van der Waals surface area contributed by atoms with Crippen molar-refractivity contribution in [2.75, 3.05) is 11.9 Å². The summed E-state index contributed by atoms with van der Waals surface area (Å²) in [5.41, 5.74) is 1.16. The fraction of sp³-hybridized carbons (Fsp3) is 0.167. The zero-order chi connectivity index (χ0) is 20.8. The Balaban J connectivity index is 1.27. The number of ether oxygens (including phenoxy) is 2. The van der Waals surface area contributed by atoms with Gasteiger partial charge in [-0.05, 0) is 67.4 Å². The molecule has 0 radical (unpaired) electrons. The first-order valence-corrected chi connectivity index (χ1v) is 9.82. The van der Waals surface area contributed by atoms with Crippen LogP contribution < -0.4 is 20.1 Å². The molecule has 3 aromatic rings. The second kappa shape index (κ2) is 9.13. The van der Waals surface area contributed by atoms with Crippen LogP contribution in [0, 0.1) is 0 Å². The third-order valence-corrected chi connectivity index (χ3v) is 4.50. The Hall–Kier alpha value is -3.80. The maximum atomic E-state index is 12.2. The smallest absolute Gasteiger partial charge is 0.262 e. The fourth-order valence-electron chi connectivity index (χ4n) is 2.80. The van der Waals surface area contributed by atoms with Crippen molar-refractivity contribution < 1.29 is 19.1 Å². The van der Waals surface area contributed by atoms with Gasteiger partial charge in [0.05, 0.1) is 0 Å². The van der Waals surface area contributed by atoms with Gasteiger partial charge in [-0.1, -0.05) is 24.3 Å². The van der Waals surface area contributed by atoms with Crippen molar-refractivity contribution in [3.63, 3.8) is 0 Å². The number of carbonyl (C=O) groups is 2. The van der Waals surface area contributed by atoms with Crippen LogP contribution in [0.25, 0.3) is 0 Å². The first kappa shape index (κ1) is 19.5. The normalized spacial score (nSPS) is 12.7. The highest BCUT2D eigenvalue weighted by Crippen LogP contribution is 2.23. The van der Waals surface area contributed by atoms with Crippen molar-refractivity contribution in [3.05, 3.63) is 84.4 Å². The van der Waals surface area contributed by atoms with Gasteiger partial charge in [0.2, 0.25) is 0 Å². The van der Waals surface area contributed by atoms with E-state index in [0.717, 1.165) is 18.6 Å². The number of hydrogen-bond donors (Lipinski definition) is 2. The molecule has 3 aromatic carbocycles. The lowest BCUT2D eigenvalue weighted by atomic mass is 10.2. The number of carbonyl (C=O) groups excluding carboxylic acids is 2. The molecule has 152 valence electrons. The van der Waals surface area contributed by atoms with Crippen LogP contribution in [0.1, 0.15) is 23.2 Å². The van der Waals surface area contributed by atoms with Gasteiger partial charge in [-0.2, -0.15) is 0 Å². The molecule has 0 heterocycles. The maximum Gasteiger partial charge on any atom is 0.262 e. The van der Waals surface area contributed by atoms with Crippen molar-refractivity contribution in [1.82, 2.24) is 5.32 Å². The molecule has 2 amide bonds. The van der Waals surface area contributed by atoms with Crippen molar-refractivity contribution >= 4 is 17.5 Å². The van der Waals surface area contributed by atoms with Gasteiger partial charge < -0.3 is 20.1 Å². The monoisotopic (exact) mass is 402 g/mol. The largest absolute Gasteiger partial charge is 0.484 e. The lowest BCUT2D eigenvalue weighted by Gasteiger charge is -2.10. The lowest BCUT2D eigenvalue weighted by molar-refractivity contribution is -0.118. The summed E-state index contributed by atoms with van der Waals surface area (Å²) in [5, 5.41) is 5.71. The minimum Gasteiger partial charge on any atom is -0.484 e. The van der Waals surface area contributed by atoms with Crippen molar-refractivity contribution in [3.8, 4) is 17.2 Å². The molecule has 0 spiro atoms. The zero-order valence-electron chi connectivity index (χ0n) is 16.3. The average molecular weight is 402 g/mol. The third-order valence-electron chi connectivity index (χ3n) is 4.50. The molecule has 2 N–H and O–H groups in total. The van der Waals surface area contributed by atoms with Gasteiger partial charge in [-0.3, -0.25) is 9.59 Å². The molecule has 0 saturated heterocycles. The number of amides is 2. The average Bonchev–Trinajstić information content (AvgIpc) is 3.59. The molecule has 0 aliphatic heterocycles. The fourth-order valence-corrected chi connectivity index (χ4v) is 2.80. The first-order chi connectivity index (χ1) is 14.7. The second-order valence-corrected chi connectivity index (χ2v) is 7.05. The Morgan fingerprint density at radius 2 is 1.53 bits per heavy atom. The lowest BCUT2D eigenvalue weighted by Crippen LogP contribution is -2.25. The van der Waals surface area contributed by atoms with E-state index in [9.17, 15) is 9.59 Å². The Morgan fingerprint density at radius 1 is 0.833 bits per heavy atom. The van der Waals surface area contributed by atoms with Crippen LogP contribution in [0.4, 0.5) is 5.69 Å². The van der Waals surface area contributed by atoms with Gasteiger partial charge >= 0.3 is 0 Å². The van der Waals surface area contributed by atoms with Gasteiger partial charge in [0, 0.05) is 17.3 Å². The standard InChI is InChI=1S/C24H22N2O4/c27-23(16-29-22-8-4-5-17(15-22)24(28)26-19-9-10-19)25-18-11-13-21(14-12-18)30-20-6-2-1-3-7-20/h1-8,11-15,19H,9-10,16H2,(H,25,27)(H,26,28). The molecule has 0 aromatic heterocycles. The molecule has 0 unspecified atom stereocenters. The second-order valence-electron chi connectivity index (χ2n) is 7.05. The Kier molecular flexibility index (Phi) is 5.94. The molecule has 4 rings (SSSR count). The van der Waals surface area contributed by atoms with Crippen LogP contribution >= 0.6 is 0 Å². The summed E-state index contributed by atoms with van der Waals surface area (Å²) >= 11 is 0. The summed E-state index contributed by atoms with van der Waals surface area (Å²) in [4.78, 5) is 24.3. The molecule has 1 saturated carbocycles. The summed E-state index contributed by atoms with van der Waals surface area (Å²) in [5.74, 6) is 1.48. The summed E-state index contributed by atoms with van der Waals surface area (Å²) in [6.07, 6.45) is 2.06. The number of rotatable bonds is 8. The number of nitrogens with one attached hydrogen (secondary N) is 2. The minimum absolute atomic E-state index is 0.120. The molecule has 30 heavy (non-hydrogen) atoms. The maximum absolute atomic E-state index is 12.2. The summed E-state index contributed by atoms with van der Waals surface area (Å²) in [6.45, 7) is -0.157. The Morgan fingerprint density at radius 3 is 2.27 bits per heavy atom. The van der Waals surface area contributed by atoms with E-state index in [2.05, 4.69) is 10.6 Å². The summed E-state index contributed by atoms with van der Waals surface area (Å²) in [6, 6.07) is 23.7. The third kappa shape index (κ3) is 5.61. The van der Waals surface area contributed by atoms with Crippen molar-refractivity contribution in [1.29, 1.82) is 0 Å². The van der Waals surface area contributed by atoms with E-state index in [1.807, 2.05) is 30.3 Å². The van der Waals surface area contributed by atoms with Crippen molar-refractivity contribution in [2.24, 2.45) is 0 Å². The van der Waals surface area contributed by atoms with Gasteiger partial charge in [0.25, 0.3) is 11.8 Å². The molecular formula is C24H22N2O4. The summed E-state index contributed by atoms with van der Waals surface area (Å²) < 4.78 is 11.3. The number of anilines is 1. The van der Waals surface area contributed by atoms with Crippen molar-refractivity contribution in [2.45, 2.75) is 18.9 Å². The van der Waals surface area contributed by atoms with Gasteiger partial charge in [-0.25, -0.2) is 0 Å². The Labute approximate surface area is 174 Å². The molecule has 0 bridgehead atoms. The highest BCUT2D eigenvalue weighted by Gasteiger charge is 2.23. The highest BCUT2D eigenvalue weighted by atomic mass is 16.5. The van der Waals surface area contributed by atoms with E-state index in [1.165, 1.54) is 0 Å². The molecule has 6 nitrogen and oxygen atoms in total. The van der Waals surface area contributed by atoms with Crippen LogP contribution in [0.15, 0.2) is 78.9 Å². The van der Waals surface area contributed by atoms with E-state index >= 15 is 0 Å². The molecule has 1 aliphatic rings. The SMILES string of the molecule is O=C(COc1cccc(C(=O)NC2CC2)c1)Nc1ccc(Oc2ccccc2)cc1. The van der Waals surface area contributed by atoms with Crippen LogP contribution in [0.5, 0.6) is 17.2 Å². The van der Waals surface area contributed by atoms with E-state index in [1.54, 1.807) is 48.5 Å². The van der Waals surface area contributed by atoms with E-state index in [0.29, 0.717) is 22.7 Å². The molecular weight excluding hydrogens is 380 g/mol. The molecule has 1 aliphatic carbocycles. The molecule has 1 fully saturated rings. The number of para-hydroxylation sites is 1. The highest BCUT2D eigenvalue weighted by molar-refractivity contribution is 5.95. The van der Waals surface area contributed by atoms with E-state index < -0.39 is 0 Å². The van der Waals surface area contributed by atoms with Crippen LogP contribution in [0.2, 0.25) is 0 Å². The summed E-state index contributed by atoms with van der Waals surface area (Å²) in [7, 11) is 0. The zero-order valence-corrected chi connectivity index (χ0v) is 16.3. The van der Waals surface area contributed by atoms with E-state index in [4.69, 9.17) is 9.47 Å². The van der Waals surface area contributed by atoms with Crippen LogP contribution in [0.3, 0.4) is 0 Å². The van der Waals surface area contributed by atoms with Gasteiger partial charge in [0.15, 0.2) is 6.61 Å². The molecule has 0 atom stereocenters. The topological polar surface area (TPSA) is 76.7 Å². The first-order valence-electron chi connectivity index (χ1n) is 9.82. The van der Waals surface area contributed by atoms with E-state index in [-0.39, 0.29) is 24.5 Å². The Bertz CT molecular complexity index is 1010. The number of benzene rings is 3. The predicted molar refractivity (Wildman–Crippen MR) is 114 cm³/mol. The van der Waals surface area contributed by atoms with Gasteiger partial charge in [-0.15, -0.1) is 0 Å². The van der Waals surface area contributed by atoms with Gasteiger partial charge in [0.1, 0.15) is 17.2 Å². The molecule has 6 heteroatoms. The quantitative estimate of drug-likeness (QED) is 0.586. The van der Waals surface area contributed by atoms with Crippen LogP contribution in [-0.2, 0) is 4.79 Å². The number of hydrogen-bond acceptors (Lipinski definition) is 4. The van der Waals surface area contributed by atoms with Crippen LogP contribution in [-0.4, -0.2) is 24.5 Å².